The Morgan fingerprint density at radius 2 is 2.06 bits per heavy atom. The number of piperidine rings is 1. The van der Waals surface area contributed by atoms with Crippen molar-refractivity contribution in [1.82, 2.24) is 10.2 Å². The number of amides is 1. The van der Waals surface area contributed by atoms with Crippen LogP contribution in [0.5, 0.6) is 0 Å². The maximum absolute atomic E-state index is 12.1. The molecule has 1 amide bonds. The molecule has 0 aromatic heterocycles. The molecule has 2 heterocycles. The molecule has 4 heteroatoms. The molecule has 1 N–H and O–H groups in total. The van der Waals surface area contributed by atoms with Crippen molar-refractivity contribution < 1.29 is 9.53 Å². The molecule has 18 heavy (non-hydrogen) atoms. The second-order valence-electron chi connectivity index (χ2n) is 6.58. The Morgan fingerprint density at radius 3 is 2.78 bits per heavy atom. The summed E-state index contributed by atoms with van der Waals surface area (Å²) in [5.41, 5.74) is -0.393. The van der Waals surface area contributed by atoms with Crippen molar-refractivity contribution in [2.45, 2.75) is 45.6 Å². The summed E-state index contributed by atoms with van der Waals surface area (Å²) >= 11 is 0. The smallest absolute Gasteiger partial charge is 0.410 e. The summed E-state index contributed by atoms with van der Waals surface area (Å²) in [6.07, 6.45) is 3.56. The topological polar surface area (TPSA) is 41.6 Å². The zero-order valence-electron chi connectivity index (χ0n) is 11.9. The average molecular weight is 254 g/mol. The van der Waals surface area contributed by atoms with Gasteiger partial charge in [0, 0.05) is 13.1 Å². The van der Waals surface area contributed by atoms with E-state index < -0.39 is 5.60 Å². The molecule has 2 aliphatic rings. The fourth-order valence-electron chi connectivity index (χ4n) is 2.96. The summed E-state index contributed by atoms with van der Waals surface area (Å²) in [6, 6.07) is 0. The van der Waals surface area contributed by atoms with Gasteiger partial charge in [-0.1, -0.05) is 0 Å². The Balaban J connectivity index is 1.91. The molecule has 0 radical (unpaired) electrons. The Kier molecular flexibility index (Phi) is 4.15. The van der Waals surface area contributed by atoms with Crippen LogP contribution in [0.4, 0.5) is 4.79 Å². The van der Waals surface area contributed by atoms with E-state index in [1.54, 1.807) is 0 Å². The van der Waals surface area contributed by atoms with E-state index in [2.05, 4.69) is 5.32 Å². The van der Waals surface area contributed by atoms with Crippen LogP contribution in [0.25, 0.3) is 0 Å². The van der Waals surface area contributed by atoms with E-state index in [9.17, 15) is 4.79 Å². The van der Waals surface area contributed by atoms with E-state index >= 15 is 0 Å². The van der Waals surface area contributed by atoms with Crippen molar-refractivity contribution in [2.75, 3.05) is 26.2 Å². The molecule has 2 atom stereocenters. The fourth-order valence-corrected chi connectivity index (χ4v) is 2.96. The molecule has 2 saturated heterocycles. The number of nitrogens with one attached hydrogen (secondary N) is 1. The lowest BCUT2D eigenvalue weighted by molar-refractivity contribution is 0.0106. The number of carbonyl (C=O) groups excluding carboxylic acids is 1. The first-order valence-corrected chi connectivity index (χ1v) is 7.14. The summed E-state index contributed by atoms with van der Waals surface area (Å²) in [7, 11) is 0. The van der Waals surface area contributed by atoms with Crippen molar-refractivity contribution >= 4 is 6.09 Å². The van der Waals surface area contributed by atoms with Gasteiger partial charge in [-0.15, -0.1) is 0 Å². The van der Waals surface area contributed by atoms with Crippen LogP contribution in [0.1, 0.15) is 40.0 Å². The van der Waals surface area contributed by atoms with E-state index in [4.69, 9.17) is 4.74 Å². The van der Waals surface area contributed by atoms with Gasteiger partial charge in [-0.2, -0.15) is 0 Å². The van der Waals surface area contributed by atoms with Crippen LogP contribution in [-0.4, -0.2) is 42.8 Å². The van der Waals surface area contributed by atoms with Crippen LogP contribution in [0.2, 0.25) is 0 Å². The summed E-state index contributed by atoms with van der Waals surface area (Å²) < 4.78 is 5.45. The largest absolute Gasteiger partial charge is 0.444 e. The minimum absolute atomic E-state index is 0.148. The normalized spacial score (nSPS) is 29.4. The van der Waals surface area contributed by atoms with Gasteiger partial charge in [0.05, 0.1) is 0 Å². The summed E-state index contributed by atoms with van der Waals surface area (Å²) in [6.45, 7) is 9.65. The first kappa shape index (κ1) is 13.7. The summed E-state index contributed by atoms with van der Waals surface area (Å²) in [4.78, 5) is 13.9. The molecule has 0 spiro atoms. The van der Waals surface area contributed by atoms with Crippen molar-refractivity contribution in [3.63, 3.8) is 0 Å². The number of fused-ring (bicyclic) bond motifs is 1. The van der Waals surface area contributed by atoms with Crippen LogP contribution >= 0.6 is 0 Å². The Morgan fingerprint density at radius 1 is 1.28 bits per heavy atom. The van der Waals surface area contributed by atoms with Crippen molar-refractivity contribution in [3.05, 3.63) is 0 Å². The molecular weight excluding hydrogens is 228 g/mol. The predicted molar refractivity (Wildman–Crippen MR) is 71.5 cm³/mol. The molecule has 0 saturated carbocycles. The second kappa shape index (κ2) is 5.47. The predicted octanol–water partition coefficient (Wildman–Crippen LogP) is 2.24. The third-order valence-electron chi connectivity index (χ3n) is 3.88. The average Bonchev–Trinajstić information content (AvgIpc) is 2.50. The maximum Gasteiger partial charge on any atom is 0.410 e. The highest BCUT2D eigenvalue weighted by molar-refractivity contribution is 5.68. The number of likely N-dealkylation sites (tertiary alicyclic amines) is 1. The maximum atomic E-state index is 12.1. The van der Waals surface area contributed by atoms with Crippen LogP contribution < -0.4 is 5.32 Å². The number of nitrogens with zero attached hydrogens (tertiary/aromatic N) is 1. The molecule has 2 fully saturated rings. The molecule has 2 aliphatic heterocycles. The molecule has 0 aromatic rings. The van der Waals surface area contributed by atoms with Gasteiger partial charge < -0.3 is 15.0 Å². The first-order chi connectivity index (χ1) is 8.46. The third kappa shape index (κ3) is 3.61. The van der Waals surface area contributed by atoms with Crippen LogP contribution in [0, 0.1) is 11.8 Å². The summed E-state index contributed by atoms with van der Waals surface area (Å²) in [5, 5.41) is 3.48. The molecular formula is C14H26N2O2. The van der Waals surface area contributed by atoms with Crippen LogP contribution in [-0.2, 0) is 4.74 Å². The number of rotatable bonds is 0. The quantitative estimate of drug-likeness (QED) is 0.721. The lowest BCUT2D eigenvalue weighted by Crippen LogP contribution is -2.47. The molecule has 4 nitrogen and oxygen atoms in total. The van der Waals surface area contributed by atoms with Crippen molar-refractivity contribution in [3.8, 4) is 0 Å². The van der Waals surface area contributed by atoms with Crippen LogP contribution in [0.3, 0.4) is 0 Å². The zero-order valence-corrected chi connectivity index (χ0v) is 11.9. The standard InChI is InChI=1S/C14H26N2O2/c1-14(2,3)18-13(17)16-8-6-11-5-4-7-15-9-12(11)10-16/h11-12,15H,4-10H2,1-3H3/t11-,12-/m0/s1. The number of hydrogen-bond acceptors (Lipinski definition) is 3. The highest BCUT2D eigenvalue weighted by atomic mass is 16.6. The van der Waals surface area contributed by atoms with Gasteiger partial charge in [-0.05, 0) is 65.0 Å². The number of hydrogen-bond donors (Lipinski definition) is 1. The van der Waals surface area contributed by atoms with Gasteiger partial charge in [-0.25, -0.2) is 4.79 Å². The van der Waals surface area contributed by atoms with E-state index in [0.29, 0.717) is 5.92 Å². The lowest BCUT2D eigenvalue weighted by atomic mass is 9.83. The number of ether oxygens (including phenoxy) is 1. The molecule has 0 bridgehead atoms. The molecule has 0 aliphatic carbocycles. The van der Waals surface area contributed by atoms with Crippen molar-refractivity contribution in [2.24, 2.45) is 11.8 Å². The van der Waals surface area contributed by atoms with Gasteiger partial charge in [0.1, 0.15) is 5.60 Å². The third-order valence-corrected chi connectivity index (χ3v) is 3.88. The van der Waals surface area contributed by atoms with Crippen molar-refractivity contribution in [1.29, 1.82) is 0 Å². The van der Waals surface area contributed by atoms with Gasteiger partial charge in [0.2, 0.25) is 0 Å². The Labute approximate surface area is 110 Å². The SMILES string of the molecule is CC(C)(C)OC(=O)N1CC[C@@H]2CCCNC[C@H]2C1. The van der Waals surface area contributed by atoms with Gasteiger partial charge in [-0.3, -0.25) is 0 Å². The lowest BCUT2D eigenvalue weighted by Gasteiger charge is -2.38. The van der Waals surface area contributed by atoms with E-state index in [1.807, 2.05) is 25.7 Å². The molecule has 0 aromatic carbocycles. The highest BCUT2D eigenvalue weighted by Crippen LogP contribution is 2.29. The van der Waals surface area contributed by atoms with E-state index in [0.717, 1.165) is 38.5 Å². The minimum atomic E-state index is -0.393. The first-order valence-electron chi connectivity index (χ1n) is 7.14. The van der Waals surface area contributed by atoms with E-state index in [-0.39, 0.29) is 6.09 Å². The Bertz CT molecular complexity index is 299. The van der Waals surface area contributed by atoms with Crippen LogP contribution in [0.15, 0.2) is 0 Å². The van der Waals surface area contributed by atoms with Gasteiger partial charge >= 0.3 is 6.09 Å². The molecule has 104 valence electrons. The molecule has 2 rings (SSSR count). The minimum Gasteiger partial charge on any atom is -0.444 e. The monoisotopic (exact) mass is 254 g/mol. The summed E-state index contributed by atoms with van der Waals surface area (Å²) in [5.74, 6) is 1.40. The highest BCUT2D eigenvalue weighted by Gasteiger charge is 2.33. The van der Waals surface area contributed by atoms with E-state index in [1.165, 1.54) is 12.8 Å². The number of carbonyl (C=O) groups is 1. The fraction of sp³-hybridized carbons (Fsp3) is 0.929. The zero-order chi connectivity index (χ0) is 13.2. The van der Waals surface area contributed by atoms with Gasteiger partial charge in [0.25, 0.3) is 0 Å². The van der Waals surface area contributed by atoms with Gasteiger partial charge in [0.15, 0.2) is 0 Å². The molecule has 0 unspecified atom stereocenters. The second-order valence-corrected chi connectivity index (χ2v) is 6.58. The Hall–Kier alpha value is -0.770.